The molecule has 0 saturated carbocycles. The first-order valence-electron chi connectivity index (χ1n) is 8.81. The van der Waals surface area contributed by atoms with E-state index in [2.05, 4.69) is 4.99 Å². The number of phenolic OH excluding ortho intramolecular Hbond substituents is 1. The van der Waals surface area contributed by atoms with E-state index in [0.717, 1.165) is 5.56 Å². The average molecular weight is 393 g/mol. The number of hydrogen-bond acceptors (Lipinski definition) is 6. The first-order valence-corrected chi connectivity index (χ1v) is 9.79. The van der Waals surface area contributed by atoms with E-state index in [1.165, 1.54) is 17.8 Å². The van der Waals surface area contributed by atoms with Crippen LogP contribution >= 0.6 is 11.8 Å². The summed E-state index contributed by atoms with van der Waals surface area (Å²) in [6.45, 7) is 11.8. The minimum Gasteiger partial charge on any atom is -0.508 e. The van der Waals surface area contributed by atoms with E-state index in [0.29, 0.717) is 11.1 Å². The van der Waals surface area contributed by atoms with Gasteiger partial charge < -0.3 is 15.9 Å². The minimum absolute atomic E-state index is 0.125. The van der Waals surface area contributed by atoms with Crippen molar-refractivity contribution in [2.24, 2.45) is 10.7 Å². The highest BCUT2D eigenvalue weighted by Gasteiger charge is 2.46. The Kier molecular flexibility index (Phi) is 5.40. The maximum absolute atomic E-state index is 13.6. The van der Waals surface area contributed by atoms with E-state index in [4.69, 9.17) is 5.73 Å². The number of aliphatic imine (C=N–C) groups is 1. The second-order valence-corrected chi connectivity index (χ2v) is 10.0. The van der Waals surface area contributed by atoms with Crippen LogP contribution in [0.4, 0.5) is 0 Å². The molecule has 148 valence electrons. The standard InChI is InChI=1S/C20H28N2O4S/c1-18(2,3)14-11(7-8-12(23)15(14)19(4,5)6)16(26)20(9-13(24)25)10-27-17(21)22-20/h7-8,23H,9-10H2,1-6H3,(H2,21,22)(H,24,25). The van der Waals surface area contributed by atoms with Crippen molar-refractivity contribution in [1.82, 2.24) is 0 Å². The van der Waals surface area contributed by atoms with Gasteiger partial charge in [-0.25, -0.2) is 4.99 Å². The number of carboxylic acid groups (broad SMARTS) is 1. The molecule has 0 saturated heterocycles. The molecule has 27 heavy (non-hydrogen) atoms. The summed E-state index contributed by atoms with van der Waals surface area (Å²) in [4.78, 5) is 29.3. The van der Waals surface area contributed by atoms with Crippen molar-refractivity contribution in [3.63, 3.8) is 0 Å². The highest BCUT2D eigenvalue weighted by atomic mass is 32.2. The Morgan fingerprint density at radius 2 is 1.70 bits per heavy atom. The second-order valence-electron chi connectivity index (χ2n) is 9.05. The second kappa shape index (κ2) is 6.86. The Balaban J connectivity index is 2.78. The van der Waals surface area contributed by atoms with Gasteiger partial charge in [0.15, 0.2) is 11.0 Å². The molecule has 0 aromatic heterocycles. The Morgan fingerprint density at radius 3 is 2.11 bits per heavy atom. The monoisotopic (exact) mass is 392 g/mol. The van der Waals surface area contributed by atoms with Crippen LogP contribution in [0.5, 0.6) is 5.75 Å². The molecule has 0 bridgehead atoms. The summed E-state index contributed by atoms with van der Waals surface area (Å²) < 4.78 is 0. The number of hydrogen-bond donors (Lipinski definition) is 3. The zero-order chi connectivity index (χ0) is 20.8. The van der Waals surface area contributed by atoms with E-state index in [1.807, 2.05) is 41.5 Å². The van der Waals surface area contributed by atoms with E-state index in [-0.39, 0.29) is 22.5 Å². The van der Waals surface area contributed by atoms with Gasteiger partial charge >= 0.3 is 5.97 Å². The van der Waals surface area contributed by atoms with Crippen LogP contribution in [-0.4, -0.2) is 38.4 Å². The molecule has 2 rings (SSSR count). The summed E-state index contributed by atoms with van der Waals surface area (Å²) in [6.07, 6.45) is -0.422. The normalized spacial score (nSPS) is 20.4. The third-order valence-electron chi connectivity index (χ3n) is 4.58. The van der Waals surface area contributed by atoms with Gasteiger partial charge in [-0.05, 0) is 28.5 Å². The largest absolute Gasteiger partial charge is 0.508 e. The number of nitrogens with two attached hydrogens (primary N) is 1. The van der Waals surface area contributed by atoms with Crippen molar-refractivity contribution in [3.05, 3.63) is 28.8 Å². The van der Waals surface area contributed by atoms with Gasteiger partial charge in [-0.3, -0.25) is 9.59 Å². The van der Waals surface area contributed by atoms with E-state index in [9.17, 15) is 19.8 Å². The van der Waals surface area contributed by atoms with Gasteiger partial charge in [-0.1, -0.05) is 53.3 Å². The molecule has 0 spiro atoms. The van der Waals surface area contributed by atoms with Crippen LogP contribution in [0.1, 0.15) is 69.4 Å². The fraction of sp³-hybridized carbons (Fsp3) is 0.550. The van der Waals surface area contributed by atoms with Gasteiger partial charge in [0.25, 0.3) is 0 Å². The molecule has 0 amide bonds. The molecule has 1 aromatic carbocycles. The van der Waals surface area contributed by atoms with Crippen molar-refractivity contribution in [2.45, 2.75) is 64.3 Å². The Morgan fingerprint density at radius 1 is 1.15 bits per heavy atom. The number of amidine groups is 1. The number of Topliss-reactive ketones (excluding diaryl/α,β-unsaturated/α-hetero) is 1. The lowest BCUT2D eigenvalue weighted by molar-refractivity contribution is -0.137. The molecule has 1 atom stereocenters. The van der Waals surface area contributed by atoms with E-state index in [1.54, 1.807) is 6.07 Å². The van der Waals surface area contributed by atoms with Gasteiger partial charge in [0.1, 0.15) is 11.3 Å². The predicted octanol–water partition coefficient (Wildman–Crippen LogP) is 3.44. The predicted molar refractivity (Wildman–Crippen MR) is 109 cm³/mol. The third kappa shape index (κ3) is 4.13. The lowest BCUT2D eigenvalue weighted by Gasteiger charge is -2.34. The smallest absolute Gasteiger partial charge is 0.306 e. The molecule has 0 radical (unpaired) electrons. The fourth-order valence-electron chi connectivity index (χ4n) is 3.58. The maximum Gasteiger partial charge on any atom is 0.306 e. The summed E-state index contributed by atoms with van der Waals surface area (Å²) in [5.74, 6) is -1.15. The number of carboxylic acids is 1. The number of phenols is 1. The summed E-state index contributed by atoms with van der Waals surface area (Å²) >= 11 is 1.19. The van der Waals surface area contributed by atoms with Gasteiger partial charge in [0, 0.05) is 16.9 Å². The average Bonchev–Trinajstić information content (AvgIpc) is 2.85. The van der Waals surface area contributed by atoms with Crippen LogP contribution in [0.2, 0.25) is 0 Å². The SMILES string of the molecule is CC(C)(C)c1c(O)ccc(C(=O)C2(CC(=O)O)CSC(N)=N2)c1C(C)(C)C. The number of aliphatic carboxylic acids is 1. The highest BCUT2D eigenvalue weighted by molar-refractivity contribution is 8.14. The highest BCUT2D eigenvalue weighted by Crippen LogP contribution is 2.43. The quantitative estimate of drug-likeness (QED) is 0.677. The minimum atomic E-state index is -1.42. The Bertz CT molecular complexity index is 818. The molecule has 1 aliphatic rings. The first-order chi connectivity index (χ1) is 12.2. The van der Waals surface area contributed by atoms with Crippen LogP contribution < -0.4 is 5.73 Å². The zero-order valence-corrected chi connectivity index (χ0v) is 17.5. The van der Waals surface area contributed by atoms with Crippen LogP contribution in [0.15, 0.2) is 17.1 Å². The molecule has 6 nitrogen and oxygen atoms in total. The molecule has 1 unspecified atom stereocenters. The number of rotatable bonds is 4. The molecule has 4 N–H and O–H groups in total. The van der Waals surface area contributed by atoms with Crippen LogP contribution in [-0.2, 0) is 15.6 Å². The van der Waals surface area contributed by atoms with Crippen molar-refractivity contribution in [1.29, 1.82) is 0 Å². The van der Waals surface area contributed by atoms with Gasteiger partial charge in [-0.15, -0.1) is 0 Å². The lowest BCUT2D eigenvalue weighted by Crippen LogP contribution is -2.41. The lowest BCUT2D eigenvalue weighted by atomic mass is 9.70. The number of benzene rings is 1. The van der Waals surface area contributed by atoms with Gasteiger partial charge in [0.2, 0.25) is 0 Å². The summed E-state index contributed by atoms with van der Waals surface area (Å²) in [6, 6.07) is 3.08. The Hall–Kier alpha value is -2.02. The first kappa shape index (κ1) is 21.3. The van der Waals surface area contributed by atoms with Gasteiger partial charge in [-0.2, -0.15) is 0 Å². The third-order valence-corrected chi connectivity index (χ3v) is 5.59. The van der Waals surface area contributed by atoms with Crippen molar-refractivity contribution < 1.29 is 19.8 Å². The topological polar surface area (TPSA) is 113 Å². The van der Waals surface area contributed by atoms with Crippen LogP contribution in [0.3, 0.4) is 0 Å². The molecular formula is C20H28N2O4S. The molecule has 7 heteroatoms. The molecule has 1 aliphatic heterocycles. The maximum atomic E-state index is 13.6. The molecule has 0 aliphatic carbocycles. The molecule has 0 fully saturated rings. The molecule has 1 heterocycles. The number of nitrogens with zero attached hydrogens (tertiary/aromatic N) is 1. The fourth-order valence-corrected chi connectivity index (χ4v) is 4.50. The van der Waals surface area contributed by atoms with E-state index < -0.39 is 28.8 Å². The van der Waals surface area contributed by atoms with Crippen LogP contribution in [0.25, 0.3) is 0 Å². The Labute approximate surface area is 164 Å². The zero-order valence-electron chi connectivity index (χ0n) is 16.7. The summed E-state index contributed by atoms with van der Waals surface area (Å²) in [7, 11) is 0. The summed E-state index contributed by atoms with van der Waals surface area (Å²) in [5, 5.41) is 20.1. The number of carbonyl (C=O) groups is 2. The number of aromatic hydroxyl groups is 1. The molecular weight excluding hydrogens is 364 g/mol. The van der Waals surface area contributed by atoms with Crippen molar-refractivity contribution >= 4 is 28.7 Å². The summed E-state index contributed by atoms with van der Waals surface area (Å²) in [5.41, 5.74) is 5.30. The number of thioether (sulfide) groups is 1. The van der Waals surface area contributed by atoms with E-state index >= 15 is 0 Å². The van der Waals surface area contributed by atoms with Crippen molar-refractivity contribution in [2.75, 3.05) is 5.75 Å². The van der Waals surface area contributed by atoms with Gasteiger partial charge in [0.05, 0.1) is 6.42 Å². The van der Waals surface area contributed by atoms with Crippen LogP contribution in [0, 0.1) is 0 Å². The van der Waals surface area contributed by atoms with Crippen molar-refractivity contribution in [3.8, 4) is 5.75 Å². The number of ketones is 1. The number of carbonyl (C=O) groups excluding carboxylic acids is 1. The molecule has 1 aromatic rings.